The van der Waals surface area contributed by atoms with E-state index in [0.717, 1.165) is 54.9 Å². The van der Waals surface area contributed by atoms with Crippen LogP contribution in [0.3, 0.4) is 0 Å². The van der Waals surface area contributed by atoms with Crippen LogP contribution in [-0.4, -0.2) is 36.1 Å². The molecular formula is C29H30BrN5S3. The van der Waals surface area contributed by atoms with Gasteiger partial charge in [-0.05, 0) is 90.1 Å². The van der Waals surface area contributed by atoms with Crippen molar-refractivity contribution in [3.63, 3.8) is 0 Å². The highest BCUT2D eigenvalue weighted by Crippen LogP contribution is 2.40. The second-order valence-electron chi connectivity index (χ2n) is 9.89. The topological polar surface area (TPSA) is 53.1 Å². The quantitative estimate of drug-likeness (QED) is 0.181. The zero-order chi connectivity index (χ0) is 26.1. The van der Waals surface area contributed by atoms with Crippen LogP contribution in [0, 0.1) is 0 Å². The summed E-state index contributed by atoms with van der Waals surface area (Å²) in [4.78, 5) is 18.4. The van der Waals surface area contributed by atoms with Crippen LogP contribution < -0.4 is 15.5 Å². The van der Waals surface area contributed by atoms with Crippen LogP contribution in [0.25, 0.3) is 30.4 Å². The Hall–Kier alpha value is -2.30. The average molecular weight is 625 g/mol. The van der Waals surface area contributed by atoms with Crippen molar-refractivity contribution in [2.75, 3.05) is 24.3 Å². The van der Waals surface area contributed by atoms with E-state index >= 15 is 0 Å². The van der Waals surface area contributed by atoms with Gasteiger partial charge in [0.1, 0.15) is 5.82 Å². The van der Waals surface area contributed by atoms with Gasteiger partial charge in [0, 0.05) is 62.5 Å². The SMILES string of the molecule is CN(C)c1nc(NC2CCC(NCc3ccc(-c4ccc(-c5ccc(Br)s5)s4)s3)CC2)nc2ccccc12. The monoisotopic (exact) mass is 623 g/mol. The summed E-state index contributed by atoms with van der Waals surface area (Å²) in [5, 5.41) is 8.52. The predicted octanol–water partition coefficient (Wildman–Crippen LogP) is 8.49. The number of hydrogen-bond acceptors (Lipinski definition) is 8. The maximum absolute atomic E-state index is 4.83. The Morgan fingerprint density at radius 1 is 0.789 bits per heavy atom. The summed E-state index contributed by atoms with van der Waals surface area (Å²) in [5.41, 5.74) is 0.984. The van der Waals surface area contributed by atoms with E-state index in [4.69, 9.17) is 9.97 Å². The molecule has 0 amide bonds. The maximum atomic E-state index is 4.83. The van der Waals surface area contributed by atoms with E-state index in [1.54, 1.807) is 11.3 Å². The molecule has 0 radical (unpaired) electrons. The number of hydrogen-bond donors (Lipinski definition) is 2. The van der Waals surface area contributed by atoms with E-state index in [9.17, 15) is 0 Å². The summed E-state index contributed by atoms with van der Waals surface area (Å²) in [6, 6.07) is 22.6. The van der Waals surface area contributed by atoms with Crippen molar-refractivity contribution in [3.8, 4) is 19.5 Å². The van der Waals surface area contributed by atoms with E-state index in [2.05, 4.69) is 80.0 Å². The number of aromatic nitrogens is 2. The van der Waals surface area contributed by atoms with Crippen LogP contribution in [0.2, 0.25) is 0 Å². The van der Waals surface area contributed by atoms with Gasteiger partial charge in [0.2, 0.25) is 5.95 Å². The van der Waals surface area contributed by atoms with Crippen molar-refractivity contribution < 1.29 is 0 Å². The molecular weight excluding hydrogens is 594 g/mol. The molecule has 0 saturated heterocycles. The first-order valence-electron chi connectivity index (χ1n) is 12.9. The average Bonchev–Trinajstić information content (AvgIpc) is 3.68. The van der Waals surface area contributed by atoms with Crippen LogP contribution in [0.15, 0.2) is 64.5 Å². The number of halogens is 1. The summed E-state index contributed by atoms with van der Waals surface area (Å²) in [7, 11) is 4.07. The summed E-state index contributed by atoms with van der Waals surface area (Å²) in [6.45, 7) is 0.934. The number of nitrogens with zero attached hydrogens (tertiary/aromatic N) is 3. The minimum Gasteiger partial charge on any atom is -0.362 e. The van der Waals surface area contributed by atoms with Gasteiger partial charge in [0.15, 0.2) is 0 Å². The normalized spacial score (nSPS) is 17.7. The van der Waals surface area contributed by atoms with Crippen LogP contribution in [-0.2, 0) is 6.54 Å². The van der Waals surface area contributed by atoms with E-state index in [-0.39, 0.29) is 0 Å². The second-order valence-corrected chi connectivity index (χ2v) is 14.6. The van der Waals surface area contributed by atoms with Gasteiger partial charge in [0.25, 0.3) is 0 Å². The molecule has 2 N–H and O–H groups in total. The Labute approximate surface area is 244 Å². The molecule has 0 aliphatic heterocycles. The fourth-order valence-corrected chi connectivity index (χ4v) is 8.52. The van der Waals surface area contributed by atoms with E-state index < -0.39 is 0 Å². The van der Waals surface area contributed by atoms with Crippen LogP contribution >= 0.6 is 49.9 Å². The van der Waals surface area contributed by atoms with Crippen molar-refractivity contribution in [3.05, 3.63) is 69.3 Å². The molecule has 0 spiro atoms. The molecule has 0 bridgehead atoms. The van der Waals surface area contributed by atoms with E-state index in [1.807, 2.05) is 48.9 Å². The summed E-state index contributed by atoms with van der Waals surface area (Å²) in [6.07, 6.45) is 4.57. The zero-order valence-electron chi connectivity index (χ0n) is 21.4. The van der Waals surface area contributed by atoms with Gasteiger partial charge in [0.05, 0.1) is 9.30 Å². The number of nitrogens with one attached hydrogen (secondary N) is 2. The molecule has 6 rings (SSSR count). The smallest absolute Gasteiger partial charge is 0.225 e. The second kappa shape index (κ2) is 11.4. The Morgan fingerprint density at radius 3 is 2.18 bits per heavy atom. The van der Waals surface area contributed by atoms with Crippen LogP contribution in [0.4, 0.5) is 11.8 Å². The van der Waals surface area contributed by atoms with E-state index in [1.165, 1.54) is 28.2 Å². The zero-order valence-corrected chi connectivity index (χ0v) is 25.4. The molecule has 4 aromatic heterocycles. The molecule has 4 heterocycles. The largest absolute Gasteiger partial charge is 0.362 e. The Morgan fingerprint density at radius 2 is 1.45 bits per heavy atom. The van der Waals surface area contributed by atoms with Crippen molar-refractivity contribution in [1.29, 1.82) is 0 Å². The van der Waals surface area contributed by atoms with Gasteiger partial charge in [-0.3, -0.25) is 0 Å². The Kier molecular flexibility index (Phi) is 7.81. The number of para-hydroxylation sites is 1. The molecule has 1 fully saturated rings. The van der Waals surface area contributed by atoms with Crippen molar-refractivity contribution >= 4 is 72.6 Å². The number of benzene rings is 1. The summed E-state index contributed by atoms with van der Waals surface area (Å²) >= 11 is 9.14. The van der Waals surface area contributed by atoms with Crippen molar-refractivity contribution in [1.82, 2.24) is 15.3 Å². The highest BCUT2D eigenvalue weighted by molar-refractivity contribution is 9.11. The van der Waals surface area contributed by atoms with Gasteiger partial charge >= 0.3 is 0 Å². The minimum atomic E-state index is 0.412. The first-order chi connectivity index (χ1) is 18.5. The third-order valence-corrected chi connectivity index (χ3v) is 11.1. The molecule has 5 nitrogen and oxygen atoms in total. The summed E-state index contributed by atoms with van der Waals surface area (Å²) in [5.74, 6) is 1.69. The number of thiophene rings is 3. The highest BCUT2D eigenvalue weighted by atomic mass is 79.9. The molecule has 9 heteroatoms. The fraction of sp³-hybridized carbons (Fsp3) is 0.310. The fourth-order valence-electron chi connectivity index (χ4n) is 4.99. The minimum absolute atomic E-state index is 0.412. The third kappa shape index (κ3) is 5.82. The molecule has 1 aliphatic carbocycles. The molecule has 1 saturated carbocycles. The molecule has 0 unspecified atom stereocenters. The lowest BCUT2D eigenvalue weighted by Gasteiger charge is -2.30. The lowest BCUT2D eigenvalue weighted by molar-refractivity contribution is 0.353. The van der Waals surface area contributed by atoms with Crippen molar-refractivity contribution in [2.24, 2.45) is 0 Å². The van der Waals surface area contributed by atoms with Gasteiger partial charge < -0.3 is 15.5 Å². The third-order valence-electron chi connectivity index (χ3n) is 6.96. The molecule has 1 aromatic carbocycles. The number of anilines is 2. The molecule has 196 valence electrons. The lowest BCUT2D eigenvalue weighted by atomic mass is 9.91. The first-order valence-corrected chi connectivity index (χ1v) is 16.1. The Balaban J connectivity index is 1.02. The standard InChI is InChI=1S/C29H30BrN5S3/c1-35(2)28-21-5-3-4-6-22(21)33-29(34-28)32-19-9-7-18(8-10-19)31-17-20-11-12-23(36-20)24-13-14-25(37-24)26-15-16-27(30)38-26/h3-6,11-16,18-19,31H,7-10,17H2,1-2H3,(H,32,33,34). The maximum Gasteiger partial charge on any atom is 0.225 e. The number of rotatable bonds is 8. The molecule has 0 atom stereocenters. The van der Waals surface area contributed by atoms with Gasteiger partial charge in [-0.1, -0.05) is 12.1 Å². The number of fused-ring (bicyclic) bond motifs is 1. The van der Waals surface area contributed by atoms with Gasteiger partial charge in [-0.25, -0.2) is 4.98 Å². The van der Waals surface area contributed by atoms with E-state index in [0.29, 0.717) is 12.1 Å². The van der Waals surface area contributed by atoms with Crippen molar-refractivity contribution in [2.45, 2.75) is 44.3 Å². The Bertz CT molecular complexity index is 1530. The molecule has 1 aliphatic rings. The lowest BCUT2D eigenvalue weighted by Crippen LogP contribution is -2.36. The molecule has 5 aromatic rings. The first kappa shape index (κ1) is 26.0. The highest BCUT2D eigenvalue weighted by Gasteiger charge is 2.22. The van der Waals surface area contributed by atoms with Gasteiger partial charge in [-0.2, -0.15) is 4.98 Å². The molecule has 38 heavy (non-hydrogen) atoms. The van der Waals surface area contributed by atoms with Crippen LogP contribution in [0.1, 0.15) is 30.6 Å². The van der Waals surface area contributed by atoms with Gasteiger partial charge in [-0.15, -0.1) is 34.0 Å². The predicted molar refractivity (Wildman–Crippen MR) is 169 cm³/mol. The van der Waals surface area contributed by atoms with Crippen LogP contribution in [0.5, 0.6) is 0 Å². The summed E-state index contributed by atoms with van der Waals surface area (Å²) < 4.78 is 1.18.